The van der Waals surface area contributed by atoms with Crippen molar-refractivity contribution in [1.29, 1.82) is 0 Å². The molecule has 2 rings (SSSR count). The number of aromatic nitrogens is 2. The molecule has 15 heavy (non-hydrogen) atoms. The molecule has 0 radical (unpaired) electrons. The summed E-state index contributed by atoms with van der Waals surface area (Å²) in [7, 11) is 0. The van der Waals surface area contributed by atoms with Crippen LogP contribution in [-0.2, 0) is 0 Å². The lowest BCUT2D eigenvalue weighted by atomic mass is 10.1. The Balaban J connectivity index is 2.33. The van der Waals surface area contributed by atoms with Crippen molar-refractivity contribution >= 4 is 5.69 Å². The largest absolute Gasteiger partial charge is 0.594 e. The summed E-state index contributed by atoms with van der Waals surface area (Å²) >= 11 is 0. The molecular weight excluding hydrogens is 190 g/mol. The SMILES string of the molecule is Cc1cc(N2CCCCC2)c(C)[n+]([O-])n1. The summed E-state index contributed by atoms with van der Waals surface area (Å²) in [6.45, 7) is 5.82. The van der Waals surface area contributed by atoms with Crippen LogP contribution in [0.2, 0.25) is 0 Å². The van der Waals surface area contributed by atoms with Crippen molar-refractivity contribution in [3.8, 4) is 0 Å². The molecule has 0 amide bonds. The topological polar surface area (TPSA) is 43.1 Å². The van der Waals surface area contributed by atoms with Gasteiger partial charge in [0.15, 0.2) is 0 Å². The fraction of sp³-hybridized carbons (Fsp3) is 0.636. The Kier molecular flexibility index (Phi) is 2.75. The molecule has 4 heteroatoms. The van der Waals surface area contributed by atoms with E-state index in [2.05, 4.69) is 10.00 Å². The Bertz CT molecular complexity index is 359. The van der Waals surface area contributed by atoms with Gasteiger partial charge in [-0.05, 0) is 32.3 Å². The van der Waals surface area contributed by atoms with Crippen LogP contribution in [0.15, 0.2) is 6.07 Å². The molecule has 1 aromatic heterocycles. The molecular formula is C11H17N3O. The highest BCUT2D eigenvalue weighted by Crippen LogP contribution is 2.21. The van der Waals surface area contributed by atoms with E-state index in [-0.39, 0.29) is 0 Å². The van der Waals surface area contributed by atoms with Gasteiger partial charge < -0.3 is 10.1 Å². The molecule has 4 nitrogen and oxygen atoms in total. The zero-order valence-corrected chi connectivity index (χ0v) is 9.36. The van der Waals surface area contributed by atoms with Crippen LogP contribution in [0.1, 0.15) is 30.7 Å². The molecule has 1 aliphatic rings. The standard InChI is InChI=1S/C11H17N3O/c1-9-8-11(10(2)14(15)12-9)13-6-4-3-5-7-13/h8H,3-7H2,1-2H3. The summed E-state index contributed by atoms with van der Waals surface area (Å²) in [4.78, 5) is 3.03. The lowest BCUT2D eigenvalue weighted by molar-refractivity contribution is -0.675. The summed E-state index contributed by atoms with van der Waals surface area (Å²) < 4.78 is 0. The Morgan fingerprint density at radius 1 is 1.27 bits per heavy atom. The smallest absolute Gasteiger partial charge is 0.241 e. The molecule has 0 spiro atoms. The molecule has 0 aromatic carbocycles. The van der Waals surface area contributed by atoms with E-state index in [1.165, 1.54) is 19.3 Å². The highest BCUT2D eigenvalue weighted by molar-refractivity contribution is 5.49. The lowest BCUT2D eigenvalue weighted by Crippen LogP contribution is -2.39. The van der Waals surface area contributed by atoms with Crippen molar-refractivity contribution in [2.24, 2.45) is 0 Å². The molecule has 1 aromatic rings. The van der Waals surface area contributed by atoms with E-state index in [4.69, 9.17) is 0 Å². The van der Waals surface area contributed by atoms with Gasteiger partial charge >= 0.3 is 0 Å². The van der Waals surface area contributed by atoms with Crippen LogP contribution in [0, 0.1) is 19.1 Å². The molecule has 1 aliphatic heterocycles. The Hall–Kier alpha value is -1.32. The molecule has 2 heterocycles. The van der Waals surface area contributed by atoms with Gasteiger partial charge in [0, 0.05) is 25.1 Å². The van der Waals surface area contributed by atoms with Gasteiger partial charge in [-0.2, -0.15) is 0 Å². The Morgan fingerprint density at radius 3 is 2.60 bits per heavy atom. The quantitative estimate of drug-likeness (QED) is 0.515. The average molecular weight is 207 g/mol. The zero-order valence-electron chi connectivity index (χ0n) is 9.36. The summed E-state index contributed by atoms with van der Waals surface area (Å²) in [6, 6.07) is 2.01. The number of aryl methyl sites for hydroxylation is 1. The van der Waals surface area contributed by atoms with Crippen molar-refractivity contribution in [2.45, 2.75) is 33.1 Å². The highest BCUT2D eigenvalue weighted by Gasteiger charge is 2.18. The molecule has 1 saturated heterocycles. The van der Waals surface area contributed by atoms with Crippen molar-refractivity contribution in [3.63, 3.8) is 0 Å². The Labute approximate surface area is 90.1 Å². The van der Waals surface area contributed by atoms with E-state index in [1.54, 1.807) is 0 Å². The van der Waals surface area contributed by atoms with Gasteiger partial charge in [-0.15, -0.1) is 0 Å². The van der Waals surface area contributed by atoms with Crippen LogP contribution < -0.4 is 9.75 Å². The van der Waals surface area contributed by atoms with Crippen LogP contribution in [0.25, 0.3) is 0 Å². The second-order valence-electron chi connectivity index (χ2n) is 4.18. The number of hydrogen-bond donors (Lipinski definition) is 0. The van der Waals surface area contributed by atoms with E-state index in [0.717, 1.165) is 29.3 Å². The minimum Gasteiger partial charge on any atom is -0.594 e. The van der Waals surface area contributed by atoms with E-state index >= 15 is 0 Å². The second-order valence-corrected chi connectivity index (χ2v) is 4.18. The van der Waals surface area contributed by atoms with Crippen molar-refractivity contribution in [3.05, 3.63) is 22.7 Å². The van der Waals surface area contributed by atoms with E-state index in [9.17, 15) is 5.21 Å². The lowest BCUT2D eigenvalue weighted by Gasteiger charge is -2.28. The third kappa shape index (κ3) is 2.03. The van der Waals surface area contributed by atoms with Gasteiger partial charge in [-0.25, -0.2) is 0 Å². The number of piperidine rings is 1. The molecule has 0 aliphatic carbocycles. The maximum absolute atomic E-state index is 11.5. The minimum absolute atomic E-state index is 0.711. The Morgan fingerprint density at radius 2 is 1.93 bits per heavy atom. The van der Waals surface area contributed by atoms with Crippen molar-refractivity contribution in [2.75, 3.05) is 18.0 Å². The van der Waals surface area contributed by atoms with Crippen LogP contribution in [0.3, 0.4) is 0 Å². The zero-order chi connectivity index (χ0) is 10.8. The van der Waals surface area contributed by atoms with E-state index < -0.39 is 0 Å². The van der Waals surface area contributed by atoms with Gasteiger partial charge in [0.25, 0.3) is 0 Å². The fourth-order valence-corrected chi connectivity index (χ4v) is 2.10. The number of rotatable bonds is 1. The average Bonchev–Trinajstić information content (AvgIpc) is 2.24. The van der Waals surface area contributed by atoms with Crippen molar-refractivity contribution in [1.82, 2.24) is 5.10 Å². The predicted molar refractivity (Wildman–Crippen MR) is 58.7 cm³/mol. The molecule has 1 fully saturated rings. The van der Waals surface area contributed by atoms with Gasteiger partial charge in [0.1, 0.15) is 11.4 Å². The maximum atomic E-state index is 11.5. The summed E-state index contributed by atoms with van der Waals surface area (Å²) in [5, 5.41) is 15.3. The van der Waals surface area contributed by atoms with Crippen LogP contribution >= 0.6 is 0 Å². The van der Waals surface area contributed by atoms with E-state index in [0.29, 0.717) is 5.69 Å². The van der Waals surface area contributed by atoms with Gasteiger partial charge in [-0.3, -0.25) is 0 Å². The number of hydrogen-bond acceptors (Lipinski definition) is 3. The summed E-state index contributed by atoms with van der Waals surface area (Å²) in [5.41, 5.74) is 2.55. The first-order valence-electron chi connectivity index (χ1n) is 5.51. The van der Waals surface area contributed by atoms with Gasteiger partial charge in [0.2, 0.25) is 5.69 Å². The first-order valence-corrected chi connectivity index (χ1v) is 5.51. The van der Waals surface area contributed by atoms with Gasteiger partial charge in [-0.1, -0.05) is 4.85 Å². The predicted octanol–water partition coefficient (Wildman–Crippen LogP) is 1.32. The highest BCUT2D eigenvalue weighted by atomic mass is 16.5. The number of nitrogens with zero attached hydrogens (tertiary/aromatic N) is 3. The minimum atomic E-state index is 0.711. The first-order chi connectivity index (χ1) is 7.18. The molecule has 0 atom stereocenters. The van der Waals surface area contributed by atoms with Crippen LogP contribution in [-0.4, -0.2) is 18.2 Å². The fourth-order valence-electron chi connectivity index (χ4n) is 2.10. The molecule has 0 saturated carbocycles. The van der Waals surface area contributed by atoms with Crippen LogP contribution in [0.5, 0.6) is 0 Å². The first kappa shape index (κ1) is 10.2. The molecule has 0 bridgehead atoms. The molecule has 82 valence electrons. The monoisotopic (exact) mass is 207 g/mol. The number of anilines is 1. The normalized spacial score (nSPS) is 16.8. The maximum Gasteiger partial charge on any atom is 0.241 e. The van der Waals surface area contributed by atoms with E-state index in [1.807, 2.05) is 19.9 Å². The summed E-state index contributed by atoms with van der Waals surface area (Å²) in [6.07, 6.45) is 3.75. The third-order valence-corrected chi connectivity index (χ3v) is 2.95. The van der Waals surface area contributed by atoms with Gasteiger partial charge in [0.05, 0.1) is 0 Å². The second kappa shape index (κ2) is 4.04. The molecule has 0 N–H and O–H groups in total. The summed E-state index contributed by atoms with van der Waals surface area (Å²) in [5.74, 6) is 0. The van der Waals surface area contributed by atoms with Crippen LogP contribution in [0.4, 0.5) is 5.69 Å². The molecule has 0 unspecified atom stereocenters. The third-order valence-electron chi connectivity index (χ3n) is 2.95. The van der Waals surface area contributed by atoms with Crippen molar-refractivity contribution < 1.29 is 4.85 Å².